The third-order valence-electron chi connectivity index (χ3n) is 4.11. The van der Waals surface area contributed by atoms with Crippen LogP contribution < -0.4 is 5.73 Å². The highest BCUT2D eigenvalue weighted by atomic mass is 79.9. The van der Waals surface area contributed by atoms with Gasteiger partial charge < -0.3 is 10.5 Å². The molecular weight excluding hydrogens is 306 g/mol. The molecular formula is C14H24BrN3O. The molecule has 0 saturated carbocycles. The van der Waals surface area contributed by atoms with Crippen LogP contribution in [0.4, 0.5) is 0 Å². The minimum Gasteiger partial charge on any atom is -0.378 e. The Balaban J connectivity index is 2.15. The zero-order valence-electron chi connectivity index (χ0n) is 12.0. The minimum atomic E-state index is 0.139. The Morgan fingerprint density at radius 2 is 2.26 bits per heavy atom. The van der Waals surface area contributed by atoms with Crippen molar-refractivity contribution < 1.29 is 4.74 Å². The highest BCUT2D eigenvalue weighted by Gasteiger charge is 2.31. The quantitative estimate of drug-likeness (QED) is 0.903. The lowest BCUT2D eigenvalue weighted by atomic mass is 9.91. The lowest BCUT2D eigenvalue weighted by Gasteiger charge is -2.22. The molecule has 108 valence electrons. The second kappa shape index (κ2) is 6.37. The van der Waals surface area contributed by atoms with E-state index in [1.54, 1.807) is 0 Å². The minimum absolute atomic E-state index is 0.139. The van der Waals surface area contributed by atoms with Gasteiger partial charge in [-0.25, -0.2) is 0 Å². The van der Waals surface area contributed by atoms with Crippen molar-refractivity contribution in [3.05, 3.63) is 15.9 Å². The molecule has 0 aliphatic carbocycles. The average molecular weight is 330 g/mol. The first kappa shape index (κ1) is 15.0. The topological polar surface area (TPSA) is 53.1 Å². The maximum Gasteiger partial charge on any atom is 0.0766 e. The van der Waals surface area contributed by atoms with Crippen molar-refractivity contribution in [2.24, 2.45) is 11.7 Å². The van der Waals surface area contributed by atoms with Crippen LogP contribution in [0, 0.1) is 5.92 Å². The molecule has 2 N–H and O–H groups in total. The zero-order chi connectivity index (χ0) is 14.0. The Hall–Kier alpha value is -0.390. The number of aryl methyl sites for hydroxylation is 2. The largest absolute Gasteiger partial charge is 0.378 e. The number of hydrogen-bond acceptors (Lipinski definition) is 3. The molecule has 19 heavy (non-hydrogen) atoms. The fraction of sp³-hybridized carbons (Fsp3) is 0.786. The van der Waals surface area contributed by atoms with E-state index in [0.29, 0.717) is 5.92 Å². The Morgan fingerprint density at radius 1 is 1.53 bits per heavy atom. The van der Waals surface area contributed by atoms with Gasteiger partial charge in [-0.3, -0.25) is 4.68 Å². The van der Waals surface area contributed by atoms with Gasteiger partial charge in [-0.15, -0.1) is 0 Å². The van der Waals surface area contributed by atoms with E-state index in [1.165, 1.54) is 5.69 Å². The summed E-state index contributed by atoms with van der Waals surface area (Å²) in [7, 11) is 0. The molecule has 3 atom stereocenters. The maximum absolute atomic E-state index is 6.40. The van der Waals surface area contributed by atoms with Crippen LogP contribution in [-0.2, 0) is 24.1 Å². The van der Waals surface area contributed by atoms with Gasteiger partial charge in [0.15, 0.2) is 0 Å². The van der Waals surface area contributed by atoms with Gasteiger partial charge in [-0.2, -0.15) is 5.10 Å². The number of nitrogens with zero attached hydrogens (tertiary/aromatic N) is 2. The van der Waals surface area contributed by atoms with Crippen molar-refractivity contribution in [1.82, 2.24) is 9.78 Å². The Bertz CT molecular complexity index is 433. The summed E-state index contributed by atoms with van der Waals surface area (Å²) in [6, 6.07) is 0.139. The lowest BCUT2D eigenvalue weighted by Crippen LogP contribution is -2.36. The Kier molecular flexibility index (Phi) is 5.03. The summed E-state index contributed by atoms with van der Waals surface area (Å²) in [5.41, 5.74) is 8.76. The summed E-state index contributed by atoms with van der Waals surface area (Å²) in [6.07, 6.45) is 3.15. The third-order valence-corrected chi connectivity index (χ3v) is 5.02. The van der Waals surface area contributed by atoms with Crippen molar-refractivity contribution in [2.75, 3.05) is 6.61 Å². The van der Waals surface area contributed by atoms with Crippen LogP contribution in [0.5, 0.6) is 0 Å². The summed E-state index contributed by atoms with van der Waals surface area (Å²) < 4.78 is 8.83. The van der Waals surface area contributed by atoms with Gasteiger partial charge in [0.25, 0.3) is 0 Å². The van der Waals surface area contributed by atoms with Crippen LogP contribution in [-0.4, -0.2) is 28.5 Å². The molecule has 0 spiro atoms. The van der Waals surface area contributed by atoms with Crippen LogP contribution in [0.3, 0.4) is 0 Å². The fourth-order valence-electron chi connectivity index (χ4n) is 2.90. The van der Waals surface area contributed by atoms with E-state index in [0.717, 1.165) is 42.6 Å². The lowest BCUT2D eigenvalue weighted by molar-refractivity contribution is 0.0993. The Morgan fingerprint density at radius 3 is 2.79 bits per heavy atom. The smallest absolute Gasteiger partial charge is 0.0766 e. The summed E-state index contributed by atoms with van der Waals surface area (Å²) in [5.74, 6) is 0.456. The zero-order valence-corrected chi connectivity index (χ0v) is 13.6. The van der Waals surface area contributed by atoms with Crippen LogP contribution >= 0.6 is 15.9 Å². The van der Waals surface area contributed by atoms with E-state index < -0.39 is 0 Å². The number of ether oxygens (including phenoxy) is 1. The number of aromatic nitrogens is 2. The van der Waals surface area contributed by atoms with Crippen molar-refractivity contribution in [1.29, 1.82) is 0 Å². The number of hydrogen-bond donors (Lipinski definition) is 1. The second-order valence-electron chi connectivity index (χ2n) is 5.27. The predicted molar refractivity (Wildman–Crippen MR) is 80.2 cm³/mol. The van der Waals surface area contributed by atoms with Crippen LogP contribution in [0.15, 0.2) is 4.47 Å². The van der Waals surface area contributed by atoms with Crippen LogP contribution in [0.25, 0.3) is 0 Å². The third kappa shape index (κ3) is 3.03. The van der Waals surface area contributed by atoms with Gasteiger partial charge in [-0.1, -0.05) is 6.92 Å². The van der Waals surface area contributed by atoms with Crippen molar-refractivity contribution >= 4 is 15.9 Å². The highest BCUT2D eigenvalue weighted by Crippen LogP contribution is 2.28. The molecule has 3 unspecified atom stereocenters. The van der Waals surface area contributed by atoms with E-state index >= 15 is 0 Å². The molecule has 0 bridgehead atoms. The summed E-state index contributed by atoms with van der Waals surface area (Å²) in [6.45, 7) is 8.10. The predicted octanol–water partition coefficient (Wildman–Crippen LogP) is 2.52. The molecule has 2 heterocycles. The molecule has 1 aromatic heterocycles. The maximum atomic E-state index is 6.40. The van der Waals surface area contributed by atoms with Crippen molar-refractivity contribution in [3.63, 3.8) is 0 Å². The average Bonchev–Trinajstić information content (AvgIpc) is 2.95. The summed E-state index contributed by atoms with van der Waals surface area (Å²) in [5, 5.41) is 4.63. The van der Waals surface area contributed by atoms with Gasteiger partial charge in [0, 0.05) is 31.5 Å². The summed E-state index contributed by atoms with van der Waals surface area (Å²) >= 11 is 3.69. The van der Waals surface area contributed by atoms with Crippen molar-refractivity contribution in [2.45, 2.75) is 58.7 Å². The van der Waals surface area contributed by atoms with E-state index in [2.05, 4.69) is 46.5 Å². The fourth-order valence-corrected chi connectivity index (χ4v) is 3.62. The molecule has 1 fully saturated rings. The molecule has 0 aromatic carbocycles. The van der Waals surface area contributed by atoms with E-state index in [9.17, 15) is 0 Å². The van der Waals surface area contributed by atoms with Gasteiger partial charge in [0.1, 0.15) is 0 Å². The molecule has 1 saturated heterocycles. The molecule has 5 heteroatoms. The van der Waals surface area contributed by atoms with Crippen LogP contribution in [0.1, 0.15) is 38.6 Å². The first-order valence-electron chi connectivity index (χ1n) is 7.19. The normalized spacial score (nSPS) is 24.9. The number of halogens is 1. The van der Waals surface area contributed by atoms with E-state index in [-0.39, 0.29) is 12.1 Å². The van der Waals surface area contributed by atoms with Gasteiger partial charge in [0.05, 0.1) is 22.0 Å². The molecule has 0 radical (unpaired) electrons. The second-order valence-corrected chi connectivity index (χ2v) is 6.07. The number of rotatable bonds is 5. The number of nitrogens with two attached hydrogens (primary N) is 1. The SMILES string of the molecule is CCc1nn(CC)c(CC(N)C2CCOC2C)c1Br. The standard InChI is InChI=1S/C14H24BrN3O/c1-4-12-14(15)13(18(5-2)17-12)8-11(16)10-6-7-19-9(10)3/h9-11H,4-8,16H2,1-3H3. The highest BCUT2D eigenvalue weighted by molar-refractivity contribution is 9.10. The monoisotopic (exact) mass is 329 g/mol. The molecule has 1 aromatic rings. The van der Waals surface area contributed by atoms with E-state index in [4.69, 9.17) is 10.5 Å². The van der Waals surface area contributed by atoms with Crippen molar-refractivity contribution in [3.8, 4) is 0 Å². The molecule has 0 amide bonds. The van der Waals surface area contributed by atoms with Crippen LogP contribution in [0.2, 0.25) is 0 Å². The Labute approximate surface area is 123 Å². The van der Waals surface area contributed by atoms with E-state index in [1.807, 2.05) is 0 Å². The first-order chi connectivity index (χ1) is 9.08. The van der Waals surface area contributed by atoms with Gasteiger partial charge in [0.2, 0.25) is 0 Å². The first-order valence-corrected chi connectivity index (χ1v) is 7.98. The molecule has 4 nitrogen and oxygen atoms in total. The van der Waals surface area contributed by atoms with Gasteiger partial charge in [-0.05, 0) is 42.6 Å². The summed E-state index contributed by atoms with van der Waals surface area (Å²) in [4.78, 5) is 0. The molecule has 1 aliphatic rings. The molecule has 2 rings (SSSR count). The molecule has 1 aliphatic heterocycles. The van der Waals surface area contributed by atoms with Gasteiger partial charge >= 0.3 is 0 Å².